The van der Waals surface area contributed by atoms with Gasteiger partial charge in [0, 0.05) is 60.1 Å². The van der Waals surface area contributed by atoms with Crippen LogP contribution in [0.25, 0.3) is 43.7 Å². The number of para-hydroxylation sites is 2. The van der Waals surface area contributed by atoms with Crippen LogP contribution in [0, 0.1) is 0 Å². The second-order valence-corrected chi connectivity index (χ2v) is 15.4. The van der Waals surface area contributed by atoms with Gasteiger partial charge in [-0.1, -0.05) is 164 Å². The molecule has 0 radical (unpaired) electrons. The molecule has 0 atom stereocenters. The Morgan fingerprint density at radius 1 is 0.431 bits per heavy atom. The molecule has 0 fully saturated rings. The standard InChI is InChI=1S/C47H33N2OP/c50-51(39-24-12-4-13-25-39,40-26-14-5-15-27-40)44-28-16-19-34-29-31-42-46(45(34)44)41-32-30-38(33-43(41)48-47(42)35-17-6-1-7-18-35)49(36-20-8-2-9-21-36)37-22-10-3-11-23-37/h1-33H. The highest BCUT2D eigenvalue weighted by atomic mass is 31.2. The lowest BCUT2D eigenvalue weighted by molar-refractivity contribution is 0.592. The lowest BCUT2D eigenvalue weighted by Gasteiger charge is -2.26. The van der Waals surface area contributed by atoms with Crippen LogP contribution in [0.3, 0.4) is 0 Å². The van der Waals surface area contributed by atoms with Crippen LogP contribution in [0.5, 0.6) is 0 Å². The maximum Gasteiger partial charge on any atom is 0.171 e. The van der Waals surface area contributed by atoms with Gasteiger partial charge in [-0.25, -0.2) is 4.98 Å². The summed E-state index contributed by atoms with van der Waals surface area (Å²) in [6, 6.07) is 68.3. The van der Waals surface area contributed by atoms with Gasteiger partial charge in [-0.05, 0) is 41.8 Å². The Hall–Kier alpha value is -6.28. The molecule has 0 aliphatic heterocycles. The number of benzene rings is 8. The van der Waals surface area contributed by atoms with E-state index in [0.29, 0.717) is 0 Å². The third-order valence-electron chi connectivity index (χ3n) is 9.67. The summed E-state index contributed by atoms with van der Waals surface area (Å²) in [7, 11) is -3.33. The van der Waals surface area contributed by atoms with Gasteiger partial charge in [0.05, 0.1) is 11.2 Å². The number of anilines is 3. The lowest BCUT2D eigenvalue weighted by atomic mass is 9.95. The Bertz CT molecular complexity index is 2620. The number of hydrogen-bond acceptors (Lipinski definition) is 3. The second-order valence-electron chi connectivity index (χ2n) is 12.7. The SMILES string of the molecule is O=P(c1ccccc1)(c1ccccc1)c1cccc2ccc3c(-c4ccccc4)nc4cc(N(c5ccccc5)c5ccccc5)ccc4c3c12. The molecule has 3 nitrogen and oxygen atoms in total. The highest BCUT2D eigenvalue weighted by Gasteiger charge is 2.32. The summed E-state index contributed by atoms with van der Waals surface area (Å²) >= 11 is 0. The van der Waals surface area contributed by atoms with Crippen LogP contribution >= 0.6 is 7.14 Å². The summed E-state index contributed by atoms with van der Waals surface area (Å²) in [6.45, 7) is 0. The van der Waals surface area contributed by atoms with Gasteiger partial charge in [-0.3, -0.25) is 0 Å². The largest absolute Gasteiger partial charge is 0.310 e. The third-order valence-corrected chi connectivity index (χ3v) is 12.8. The Labute approximate surface area is 297 Å². The average Bonchev–Trinajstić information content (AvgIpc) is 3.21. The first kappa shape index (κ1) is 30.8. The summed E-state index contributed by atoms with van der Waals surface area (Å²) in [6.07, 6.45) is 0. The minimum Gasteiger partial charge on any atom is -0.310 e. The Kier molecular flexibility index (Phi) is 7.76. The molecular formula is C47H33N2OP. The first-order valence-corrected chi connectivity index (χ1v) is 18.9. The summed E-state index contributed by atoms with van der Waals surface area (Å²) < 4.78 is 16.0. The predicted octanol–water partition coefficient (Wildman–Crippen LogP) is 11.3. The maximum atomic E-state index is 16.0. The smallest absolute Gasteiger partial charge is 0.171 e. The van der Waals surface area contributed by atoms with E-state index in [1.165, 1.54) is 0 Å². The van der Waals surface area contributed by atoms with E-state index < -0.39 is 7.14 Å². The van der Waals surface area contributed by atoms with Crippen LogP contribution in [0.1, 0.15) is 0 Å². The number of nitrogens with zero attached hydrogens (tertiary/aromatic N) is 2. The van der Waals surface area contributed by atoms with Gasteiger partial charge in [0.1, 0.15) is 0 Å². The number of pyridine rings is 1. The van der Waals surface area contributed by atoms with Gasteiger partial charge in [0.15, 0.2) is 7.14 Å². The Morgan fingerprint density at radius 2 is 0.961 bits per heavy atom. The molecular weight excluding hydrogens is 640 g/mol. The van der Waals surface area contributed by atoms with Crippen molar-refractivity contribution in [3.63, 3.8) is 0 Å². The fourth-order valence-corrected chi connectivity index (χ4v) is 10.3. The molecule has 0 saturated carbocycles. The van der Waals surface area contributed by atoms with Gasteiger partial charge in [0.2, 0.25) is 0 Å². The molecule has 0 N–H and O–H groups in total. The van der Waals surface area contributed by atoms with Gasteiger partial charge < -0.3 is 9.46 Å². The summed E-state index contributed by atoms with van der Waals surface area (Å²) in [4.78, 5) is 7.69. The number of fused-ring (bicyclic) bond motifs is 5. The number of hydrogen-bond donors (Lipinski definition) is 0. The van der Waals surface area contributed by atoms with E-state index in [4.69, 9.17) is 4.98 Å². The molecule has 9 aromatic rings. The predicted molar refractivity (Wildman–Crippen MR) is 216 cm³/mol. The Balaban J connectivity index is 1.41. The molecule has 0 bridgehead atoms. The molecule has 1 heterocycles. The number of aromatic nitrogens is 1. The Morgan fingerprint density at radius 3 is 1.55 bits per heavy atom. The molecule has 0 aliphatic rings. The van der Waals surface area contributed by atoms with Crippen molar-refractivity contribution in [1.82, 2.24) is 4.98 Å². The van der Waals surface area contributed by atoms with Crippen molar-refractivity contribution in [2.24, 2.45) is 0 Å². The summed E-state index contributed by atoms with van der Waals surface area (Å²) in [5.74, 6) is 0. The quantitative estimate of drug-likeness (QED) is 0.125. The molecule has 0 spiro atoms. The van der Waals surface area contributed by atoms with Crippen LogP contribution in [0.2, 0.25) is 0 Å². The van der Waals surface area contributed by atoms with Gasteiger partial charge in [-0.2, -0.15) is 0 Å². The highest BCUT2D eigenvalue weighted by molar-refractivity contribution is 7.85. The van der Waals surface area contributed by atoms with Crippen molar-refractivity contribution in [1.29, 1.82) is 0 Å². The fraction of sp³-hybridized carbons (Fsp3) is 0. The fourth-order valence-electron chi connectivity index (χ4n) is 7.36. The van der Waals surface area contributed by atoms with Crippen LogP contribution in [-0.4, -0.2) is 4.98 Å². The first-order valence-electron chi connectivity index (χ1n) is 17.2. The van der Waals surface area contributed by atoms with Crippen molar-refractivity contribution >= 4 is 72.6 Å². The minimum absolute atomic E-state index is 0.811. The van der Waals surface area contributed by atoms with Crippen molar-refractivity contribution in [3.05, 3.63) is 200 Å². The van der Waals surface area contributed by atoms with Gasteiger partial charge in [0.25, 0.3) is 0 Å². The van der Waals surface area contributed by atoms with Crippen molar-refractivity contribution in [3.8, 4) is 11.3 Å². The topological polar surface area (TPSA) is 33.2 Å². The molecule has 0 amide bonds. The second kappa shape index (κ2) is 12.9. The molecule has 51 heavy (non-hydrogen) atoms. The maximum absolute atomic E-state index is 16.0. The zero-order valence-corrected chi connectivity index (χ0v) is 28.7. The minimum atomic E-state index is -3.33. The van der Waals surface area contributed by atoms with Crippen LogP contribution in [0.15, 0.2) is 200 Å². The van der Waals surface area contributed by atoms with E-state index in [9.17, 15) is 0 Å². The molecule has 0 unspecified atom stereocenters. The van der Waals surface area contributed by atoms with E-state index in [-0.39, 0.29) is 0 Å². The third kappa shape index (κ3) is 5.31. The van der Waals surface area contributed by atoms with E-state index >= 15 is 4.57 Å². The monoisotopic (exact) mass is 672 g/mol. The van der Waals surface area contributed by atoms with Crippen LogP contribution < -0.4 is 20.8 Å². The van der Waals surface area contributed by atoms with E-state index in [0.717, 1.165) is 76.7 Å². The number of rotatable bonds is 7. The zero-order valence-electron chi connectivity index (χ0n) is 27.8. The molecule has 0 aliphatic carbocycles. The zero-order chi connectivity index (χ0) is 34.2. The average molecular weight is 673 g/mol. The van der Waals surface area contributed by atoms with Crippen LogP contribution in [0.4, 0.5) is 17.1 Å². The van der Waals surface area contributed by atoms with Gasteiger partial charge >= 0.3 is 0 Å². The molecule has 4 heteroatoms. The van der Waals surface area contributed by atoms with Crippen LogP contribution in [-0.2, 0) is 4.57 Å². The molecule has 8 aromatic carbocycles. The van der Waals surface area contributed by atoms with Gasteiger partial charge in [-0.15, -0.1) is 0 Å². The van der Waals surface area contributed by atoms with E-state index in [1.54, 1.807) is 0 Å². The van der Waals surface area contributed by atoms with Crippen molar-refractivity contribution < 1.29 is 4.57 Å². The van der Waals surface area contributed by atoms with E-state index in [2.05, 4.69) is 120 Å². The summed E-state index contributed by atoms with van der Waals surface area (Å²) in [5.41, 5.74) is 5.92. The highest BCUT2D eigenvalue weighted by Crippen LogP contribution is 2.47. The molecule has 0 saturated heterocycles. The normalized spacial score (nSPS) is 11.6. The molecule has 242 valence electrons. The summed E-state index contributed by atoms with van der Waals surface area (Å²) in [5, 5.41) is 7.57. The lowest BCUT2D eigenvalue weighted by Crippen LogP contribution is -2.25. The van der Waals surface area contributed by atoms with E-state index in [1.807, 2.05) is 84.9 Å². The molecule has 9 rings (SSSR count). The van der Waals surface area contributed by atoms with Crippen molar-refractivity contribution in [2.75, 3.05) is 4.90 Å². The first-order chi connectivity index (χ1) is 25.2. The molecule has 1 aromatic heterocycles. The van der Waals surface area contributed by atoms with Crippen molar-refractivity contribution in [2.45, 2.75) is 0 Å².